The van der Waals surface area contributed by atoms with E-state index in [4.69, 9.17) is 35.1 Å². The molecule has 0 aliphatic heterocycles. The van der Waals surface area contributed by atoms with Gasteiger partial charge in [0.25, 0.3) is 0 Å². The summed E-state index contributed by atoms with van der Waals surface area (Å²) < 4.78 is 25.0. The van der Waals surface area contributed by atoms with Crippen molar-refractivity contribution in [2.24, 2.45) is 0 Å². The number of amides is 1. The highest BCUT2D eigenvalue weighted by molar-refractivity contribution is 8.68. The van der Waals surface area contributed by atoms with E-state index in [1.807, 2.05) is 36.4 Å². The van der Waals surface area contributed by atoms with Crippen molar-refractivity contribution in [3.05, 3.63) is 42.5 Å². The van der Waals surface area contributed by atoms with Gasteiger partial charge in [-0.3, -0.25) is 9.59 Å². The monoisotopic (exact) mass is 531 g/mol. The Morgan fingerprint density at radius 2 is 1.62 bits per heavy atom. The highest BCUT2D eigenvalue weighted by atomic mass is 32.9. The van der Waals surface area contributed by atoms with Gasteiger partial charge in [0.1, 0.15) is 11.0 Å². The van der Waals surface area contributed by atoms with Crippen LogP contribution in [0.3, 0.4) is 0 Å². The van der Waals surface area contributed by atoms with E-state index in [2.05, 4.69) is 5.32 Å². The zero-order valence-corrected chi connectivity index (χ0v) is 22.3. The molecule has 188 valence electrons. The second kappa shape index (κ2) is 15.7. The van der Waals surface area contributed by atoms with Crippen molar-refractivity contribution in [3.63, 3.8) is 0 Å². The van der Waals surface area contributed by atoms with E-state index in [0.717, 1.165) is 22.2 Å². The van der Waals surface area contributed by atoms with Crippen LogP contribution in [0.5, 0.6) is 5.75 Å². The molecule has 1 N–H and O–H groups in total. The lowest BCUT2D eigenvalue weighted by Gasteiger charge is -2.21. The van der Waals surface area contributed by atoms with Gasteiger partial charge in [-0.25, -0.2) is 4.79 Å². The average molecular weight is 532 g/mol. The van der Waals surface area contributed by atoms with Gasteiger partial charge in [-0.05, 0) is 37.1 Å². The number of ether oxygens (including phenoxy) is 3. The first-order valence-electron chi connectivity index (χ1n) is 10.3. The fraction of sp³-hybridized carbons (Fsp3) is 0.409. The highest BCUT2D eigenvalue weighted by Gasteiger charge is 2.32. The molecule has 1 atom stereocenters. The molecule has 0 saturated carbocycles. The fourth-order valence-electron chi connectivity index (χ4n) is 2.52. The molecule has 1 unspecified atom stereocenters. The summed E-state index contributed by atoms with van der Waals surface area (Å²) >= 11 is 6.17. The Hall–Kier alpha value is -2.17. The van der Waals surface area contributed by atoms with Crippen molar-refractivity contribution in [1.29, 1.82) is 0 Å². The van der Waals surface area contributed by atoms with Crippen LogP contribution in [-0.4, -0.2) is 57.8 Å². The van der Waals surface area contributed by atoms with Crippen molar-refractivity contribution in [2.45, 2.75) is 25.5 Å². The van der Waals surface area contributed by atoms with E-state index < -0.39 is 29.0 Å². The zero-order valence-electron chi connectivity index (χ0n) is 19.8. The quantitative estimate of drug-likeness (QED) is 0.343. The normalized spacial score (nSPS) is 11.6. The van der Waals surface area contributed by atoms with E-state index in [1.54, 1.807) is 19.9 Å². The number of carbonyl (C=O) groups excluding carboxylic acids is 3. The summed E-state index contributed by atoms with van der Waals surface area (Å²) in [6.07, 6.45) is -0.575. The van der Waals surface area contributed by atoms with Crippen LogP contribution in [0, 0.1) is 0 Å². The summed E-state index contributed by atoms with van der Waals surface area (Å²) in [7, 11) is 4.35. The molecule has 2 aromatic rings. The smallest absolute Gasteiger partial charge is 0.412 e. The Morgan fingerprint density at radius 1 is 1.00 bits per heavy atom. The Bertz CT molecular complexity index is 991. The van der Waals surface area contributed by atoms with Crippen LogP contribution in [0.2, 0.25) is 0 Å². The van der Waals surface area contributed by atoms with Crippen molar-refractivity contribution in [3.8, 4) is 5.75 Å². The molecule has 2 rings (SSSR count). The van der Waals surface area contributed by atoms with Crippen LogP contribution in [0.15, 0.2) is 42.5 Å². The Morgan fingerprint density at radius 3 is 2.21 bits per heavy atom. The van der Waals surface area contributed by atoms with Crippen LogP contribution in [0.25, 0.3) is 10.8 Å². The minimum Gasteiger partial charge on any atom is -0.466 e. The zero-order chi connectivity index (χ0) is 25.6. The first kappa shape index (κ1) is 29.9. The average Bonchev–Trinajstić information content (AvgIpc) is 2.84. The topological polar surface area (TPSA) is 109 Å². The van der Waals surface area contributed by atoms with Gasteiger partial charge < -0.3 is 28.6 Å². The first-order chi connectivity index (χ1) is 16.2. The van der Waals surface area contributed by atoms with Gasteiger partial charge in [0.15, 0.2) is 0 Å². The molecule has 0 fully saturated rings. The summed E-state index contributed by atoms with van der Waals surface area (Å²) in [6, 6.07) is 13.4. The number of carbonyl (C=O) groups is 3. The minimum absolute atomic E-state index is 0.123. The largest absolute Gasteiger partial charge is 0.466 e. The fourth-order valence-corrected chi connectivity index (χ4v) is 6.39. The molecular formula is C22H30NO8PS2. The summed E-state index contributed by atoms with van der Waals surface area (Å²) in [5.41, 5.74) is -2.65. The Labute approximate surface area is 208 Å². The second-order valence-electron chi connectivity index (χ2n) is 6.28. The van der Waals surface area contributed by atoms with E-state index in [9.17, 15) is 14.4 Å². The van der Waals surface area contributed by atoms with Crippen LogP contribution in [0.4, 0.5) is 4.79 Å². The molecule has 0 radical (unpaired) electrons. The van der Waals surface area contributed by atoms with Gasteiger partial charge in [0.05, 0.1) is 19.6 Å². The summed E-state index contributed by atoms with van der Waals surface area (Å²) in [4.78, 5) is 34.4. The lowest BCUT2D eigenvalue weighted by Crippen LogP contribution is -2.24. The summed E-state index contributed by atoms with van der Waals surface area (Å²) in [6.45, 7) is 3.86. The molecule has 1 amide bonds. The van der Waals surface area contributed by atoms with Crippen LogP contribution >= 0.6 is 17.1 Å². The van der Waals surface area contributed by atoms with Gasteiger partial charge in [-0.15, -0.1) is 0 Å². The predicted octanol–water partition coefficient (Wildman–Crippen LogP) is 4.68. The minimum atomic E-state index is -2.65. The number of esters is 2. The SMILES string of the molecule is CCOC(=O)CC(SP(=S)(OC)OC)C(=O)OCC.CNC(=O)Oc1cccc2ccccc12. The highest BCUT2D eigenvalue weighted by Crippen LogP contribution is 2.62. The van der Waals surface area contributed by atoms with Crippen LogP contribution in [0.1, 0.15) is 20.3 Å². The van der Waals surface area contributed by atoms with Crippen molar-refractivity contribution < 1.29 is 37.6 Å². The van der Waals surface area contributed by atoms with Crippen LogP contribution < -0.4 is 10.1 Å². The molecule has 0 saturated heterocycles. The second-order valence-corrected chi connectivity index (χ2v) is 12.9. The lowest BCUT2D eigenvalue weighted by atomic mass is 10.1. The Kier molecular flexibility index (Phi) is 13.8. The molecule has 12 heteroatoms. The van der Waals surface area contributed by atoms with Gasteiger partial charge in [0.2, 0.25) is 5.69 Å². The van der Waals surface area contributed by atoms with Crippen molar-refractivity contribution in [2.75, 3.05) is 34.5 Å². The summed E-state index contributed by atoms with van der Waals surface area (Å²) in [5, 5.41) is 3.62. The van der Waals surface area contributed by atoms with E-state index >= 15 is 0 Å². The third kappa shape index (κ3) is 9.99. The number of hydrogen-bond donors (Lipinski definition) is 1. The maximum Gasteiger partial charge on any atom is 0.412 e. The molecule has 0 aromatic heterocycles. The standard InChI is InChI=1S/C12H11NO2.C10H19O6PS2/c1-13-12(14)15-11-8-4-6-9-5-2-3-7-10(9)11;1-5-15-9(11)7-8(10(12)16-6-2)19-17(18,13-3)14-4/h2-8H,1H3,(H,13,14);8H,5-7H2,1-4H3. The van der Waals surface area contributed by atoms with Gasteiger partial charge in [0, 0.05) is 26.7 Å². The van der Waals surface area contributed by atoms with E-state index in [0.29, 0.717) is 5.75 Å². The molecule has 34 heavy (non-hydrogen) atoms. The molecule has 0 aliphatic carbocycles. The van der Waals surface area contributed by atoms with Gasteiger partial charge in [-0.1, -0.05) is 47.8 Å². The number of rotatable bonds is 10. The number of nitrogens with one attached hydrogen (secondary N) is 1. The molecule has 0 bridgehead atoms. The molecule has 2 aromatic carbocycles. The van der Waals surface area contributed by atoms with Gasteiger partial charge >= 0.3 is 18.0 Å². The summed E-state index contributed by atoms with van der Waals surface area (Å²) in [5.74, 6) is -0.432. The van der Waals surface area contributed by atoms with E-state index in [-0.39, 0.29) is 19.6 Å². The maximum absolute atomic E-state index is 11.8. The lowest BCUT2D eigenvalue weighted by molar-refractivity contribution is -0.149. The van der Waals surface area contributed by atoms with E-state index in [1.165, 1.54) is 21.3 Å². The number of benzene rings is 2. The third-order valence-corrected chi connectivity index (χ3v) is 9.93. The molecule has 0 heterocycles. The van der Waals surface area contributed by atoms with Crippen molar-refractivity contribution >= 4 is 57.7 Å². The number of hydrogen-bond acceptors (Lipinski definition) is 10. The van der Waals surface area contributed by atoms with Crippen LogP contribution in [-0.2, 0) is 39.9 Å². The third-order valence-electron chi connectivity index (χ3n) is 4.07. The first-order valence-corrected chi connectivity index (χ1v) is 14.4. The number of fused-ring (bicyclic) bond motifs is 1. The molecule has 0 aliphatic rings. The molecular weight excluding hydrogens is 501 g/mol. The van der Waals surface area contributed by atoms with Gasteiger partial charge in [-0.2, -0.15) is 0 Å². The van der Waals surface area contributed by atoms with Crippen molar-refractivity contribution in [1.82, 2.24) is 5.32 Å². The predicted molar refractivity (Wildman–Crippen MR) is 137 cm³/mol. The maximum atomic E-state index is 11.8. The molecule has 0 spiro atoms. The Balaban J connectivity index is 0.000000347. The molecule has 9 nitrogen and oxygen atoms in total.